The molecule has 2 atom stereocenters. The zero-order valence-corrected chi connectivity index (χ0v) is 21.0. The van der Waals surface area contributed by atoms with Crippen LogP contribution in [0, 0.1) is 0 Å². The molecule has 1 amide bonds. The summed E-state index contributed by atoms with van der Waals surface area (Å²) in [6.07, 6.45) is 24.4. The average Bonchev–Trinajstić information content (AvgIpc) is 2.77. The topological polar surface area (TPSA) is 69.6 Å². The number of carbonyl (C=O) groups is 1. The van der Waals surface area contributed by atoms with E-state index in [1.54, 1.807) is 0 Å². The Bertz CT molecular complexity index is 375. The van der Waals surface area contributed by atoms with E-state index in [0.29, 0.717) is 12.8 Å². The molecule has 31 heavy (non-hydrogen) atoms. The summed E-state index contributed by atoms with van der Waals surface area (Å²) in [5.74, 6) is -0.0379. The van der Waals surface area contributed by atoms with Crippen molar-refractivity contribution in [2.45, 2.75) is 161 Å². The van der Waals surface area contributed by atoms with E-state index in [1.807, 2.05) is 0 Å². The van der Waals surface area contributed by atoms with Gasteiger partial charge in [0.25, 0.3) is 0 Å². The zero-order chi connectivity index (χ0) is 23.0. The van der Waals surface area contributed by atoms with Crippen LogP contribution in [0.3, 0.4) is 0 Å². The van der Waals surface area contributed by atoms with E-state index in [1.165, 1.54) is 96.3 Å². The molecule has 0 fully saturated rings. The van der Waals surface area contributed by atoms with Gasteiger partial charge in [-0.1, -0.05) is 129 Å². The molecule has 2 unspecified atom stereocenters. The SMILES string of the molecule is CCCCCCCCCCCCCCCC(=O)NC(CO)C(O)CCCCCCCC. The first-order valence-corrected chi connectivity index (χ1v) is 13.7. The molecule has 4 heteroatoms. The summed E-state index contributed by atoms with van der Waals surface area (Å²) >= 11 is 0. The molecule has 4 nitrogen and oxygen atoms in total. The van der Waals surface area contributed by atoms with Crippen molar-refractivity contribution in [3.63, 3.8) is 0 Å². The van der Waals surface area contributed by atoms with Crippen molar-refractivity contribution in [1.29, 1.82) is 0 Å². The summed E-state index contributed by atoms with van der Waals surface area (Å²) in [6.45, 7) is 4.28. The Kier molecular flexibility index (Phi) is 23.6. The average molecular weight is 442 g/mol. The van der Waals surface area contributed by atoms with Crippen LogP contribution in [0.5, 0.6) is 0 Å². The molecule has 0 aliphatic carbocycles. The van der Waals surface area contributed by atoms with Crippen molar-refractivity contribution in [3.8, 4) is 0 Å². The largest absolute Gasteiger partial charge is 0.394 e. The van der Waals surface area contributed by atoms with E-state index in [0.717, 1.165) is 25.7 Å². The Morgan fingerprint density at radius 1 is 0.645 bits per heavy atom. The molecular weight excluding hydrogens is 386 g/mol. The Morgan fingerprint density at radius 3 is 1.45 bits per heavy atom. The lowest BCUT2D eigenvalue weighted by atomic mass is 10.0. The van der Waals surface area contributed by atoms with Crippen molar-refractivity contribution >= 4 is 5.91 Å². The van der Waals surface area contributed by atoms with E-state index in [4.69, 9.17) is 0 Å². The van der Waals surface area contributed by atoms with Gasteiger partial charge in [-0.2, -0.15) is 0 Å². The van der Waals surface area contributed by atoms with Crippen LogP contribution in [0.1, 0.15) is 149 Å². The first-order valence-electron chi connectivity index (χ1n) is 13.7. The van der Waals surface area contributed by atoms with Crippen molar-refractivity contribution in [2.75, 3.05) is 6.61 Å². The number of unbranched alkanes of at least 4 members (excludes halogenated alkanes) is 17. The maximum atomic E-state index is 12.1. The van der Waals surface area contributed by atoms with Crippen LogP contribution in [0.2, 0.25) is 0 Å². The Morgan fingerprint density at radius 2 is 1.03 bits per heavy atom. The molecule has 0 aromatic carbocycles. The second kappa shape index (κ2) is 24.0. The lowest BCUT2D eigenvalue weighted by molar-refractivity contribution is -0.123. The molecule has 0 heterocycles. The number of hydrogen-bond donors (Lipinski definition) is 3. The van der Waals surface area contributed by atoms with Crippen LogP contribution in [-0.4, -0.2) is 34.9 Å². The fourth-order valence-electron chi connectivity index (χ4n) is 4.18. The summed E-state index contributed by atoms with van der Waals surface area (Å²) in [5, 5.41) is 22.6. The molecule has 0 radical (unpaired) electrons. The number of carbonyl (C=O) groups excluding carboxylic acids is 1. The summed E-state index contributed by atoms with van der Waals surface area (Å²) in [6, 6.07) is -0.523. The molecule has 0 aliphatic rings. The minimum absolute atomic E-state index is 0.0379. The highest BCUT2D eigenvalue weighted by atomic mass is 16.3. The van der Waals surface area contributed by atoms with Gasteiger partial charge in [-0.3, -0.25) is 4.79 Å². The minimum Gasteiger partial charge on any atom is -0.394 e. The Hall–Kier alpha value is -0.610. The minimum atomic E-state index is -0.647. The first-order chi connectivity index (χ1) is 15.2. The second-order valence-electron chi connectivity index (χ2n) is 9.47. The van der Waals surface area contributed by atoms with Gasteiger partial charge in [0.2, 0.25) is 5.91 Å². The fourth-order valence-corrected chi connectivity index (χ4v) is 4.18. The smallest absolute Gasteiger partial charge is 0.220 e. The van der Waals surface area contributed by atoms with Gasteiger partial charge < -0.3 is 15.5 Å². The second-order valence-corrected chi connectivity index (χ2v) is 9.47. The van der Waals surface area contributed by atoms with E-state index in [-0.39, 0.29) is 12.5 Å². The number of amides is 1. The highest BCUT2D eigenvalue weighted by molar-refractivity contribution is 5.76. The molecule has 0 saturated carbocycles. The molecule has 0 saturated heterocycles. The quantitative estimate of drug-likeness (QED) is 0.140. The number of hydrogen-bond acceptors (Lipinski definition) is 3. The number of rotatable bonds is 24. The predicted molar refractivity (Wildman–Crippen MR) is 133 cm³/mol. The highest BCUT2D eigenvalue weighted by Crippen LogP contribution is 2.14. The van der Waals surface area contributed by atoms with Crippen LogP contribution < -0.4 is 5.32 Å². The predicted octanol–water partition coefficient (Wildman–Crippen LogP) is 7.06. The molecule has 3 N–H and O–H groups in total. The van der Waals surface area contributed by atoms with Gasteiger partial charge >= 0.3 is 0 Å². The van der Waals surface area contributed by atoms with Gasteiger partial charge in [-0.05, 0) is 12.8 Å². The van der Waals surface area contributed by atoms with Gasteiger partial charge in [0.1, 0.15) is 0 Å². The standard InChI is InChI=1S/C27H55NO3/c1-3-5-7-9-11-12-13-14-15-16-17-19-21-23-27(31)28-25(24-29)26(30)22-20-18-10-8-6-4-2/h25-26,29-30H,3-24H2,1-2H3,(H,28,31). The van der Waals surface area contributed by atoms with E-state index in [2.05, 4.69) is 19.2 Å². The van der Waals surface area contributed by atoms with Crippen LogP contribution in [0.15, 0.2) is 0 Å². The maximum absolute atomic E-state index is 12.1. The highest BCUT2D eigenvalue weighted by Gasteiger charge is 2.19. The normalized spacial score (nSPS) is 13.3. The van der Waals surface area contributed by atoms with Gasteiger partial charge in [0, 0.05) is 6.42 Å². The van der Waals surface area contributed by atoms with Gasteiger partial charge in [0.15, 0.2) is 0 Å². The molecule has 0 rings (SSSR count). The summed E-state index contributed by atoms with van der Waals surface area (Å²) in [7, 11) is 0. The van der Waals surface area contributed by atoms with Crippen LogP contribution >= 0.6 is 0 Å². The van der Waals surface area contributed by atoms with E-state index < -0.39 is 12.1 Å². The summed E-state index contributed by atoms with van der Waals surface area (Å²) in [4.78, 5) is 12.1. The third-order valence-electron chi connectivity index (χ3n) is 6.37. The van der Waals surface area contributed by atoms with Gasteiger partial charge in [0.05, 0.1) is 18.8 Å². The molecule has 0 spiro atoms. The van der Waals surface area contributed by atoms with Crippen molar-refractivity contribution in [2.24, 2.45) is 0 Å². The Balaban J connectivity index is 3.56. The third-order valence-corrected chi connectivity index (χ3v) is 6.37. The van der Waals surface area contributed by atoms with Gasteiger partial charge in [-0.15, -0.1) is 0 Å². The van der Waals surface area contributed by atoms with Crippen molar-refractivity contribution in [3.05, 3.63) is 0 Å². The monoisotopic (exact) mass is 441 g/mol. The number of aliphatic hydroxyl groups is 2. The number of nitrogens with one attached hydrogen (secondary N) is 1. The third kappa shape index (κ3) is 21.0. The van der Waals surface area contributed by atoms with Gasteiger partial charge in [-0.25, -0.2) is 0 Å². The number of aliphatic hydroxyl groups excluding tert-OH is 2. The summed E-state index contributed by atoms with van der Waals surface area (Å²) in [5.41, 5.74) is 0. The Labute approximate surface area is 194 Å². The van der Waals surface area contributed by atoms with Crippen molar-refractivity contribution in [1.82, 2.24) is 5.32 Å². The first kappa shape index (κ1) is 30.4. The molecule has 0 aliphatic heterocycles. The molecule has 0 aromatic rings. The van der Waals surface area contributed by atoms with Crippen LogP contribution in [0.4, 0.5) is 0 Å². The molecule has 0 bridgehead atoms. The maximum Gasteiger partial charge on any atom is 0.220 e. The lowest BCUT2D eigenvalue weighted by Crippen LogP contribution is -2.45. The van der Waals surface area contributed by atoms with Crippen LogP contribution in [-0.2, 0) is 4.79 Å². The lowest BCUT2D eigenvalue weighted by Gasteiger charge is -2.22. The van der Waals surface area contributed by atoms with Crippen LogP contribution in [0.25, 0.3) is 0 Å². The summed E-state index contributed by atoms with van der Waals surface area (Å²) < 4.78 is 0. The molecule has 0 aromatic heterocycles. The molecule has 186 valence electrons. The van der Waals surface area contributed by atoms with E-state index in [9.17, 15) is 15.0 Å². The van der Waals surface area contributed by atoms with E-state index >= 15 is 0 Å². The fraction of sp³-hybridized carbons (Fsp3) is 0.963. The zero-order valence-electron chi connectivity index (χ0n) is 21.0. The van der Waals surface area contributed by atoms with Crippen molar-refractivity contribution < 1.29 is 15.0 Å². The molecular formula is C27H55NO3.